The van der Waals surface area contributed by atoms with Gasteiger partial charge in [-0.05, 0) is 0 Å². The molecule has 108 valence electrons. The number of aryl methyl sites for hydroxylation is 2. The average Bonchev–Trinajstić information content (AvgIpc) is 2.82. The molecule has 2 heterocycles. The first-order valence-electron chi connectivity index (χ1n) is 5.80. The van der Waals surface area contributed by atoms with E-state index in [1.54, 1.807) is 7.05 Å². The first-order chi connectivity index (χ1) is 9.38. The van der Waals surface area contributed by atoms with Crippen LogP contribution in [-0.2, 0) is 30.3 Å². The molecule has 0 atom stereocenters. The smallest absolute Gasteiger partial charge is 0.328 e. The molecule has 2 aromatic rings. The van der Waals surface area contributed by atoms with Crippen LogP contribution in [0.1, 0.15) is 0 Å². The number of aromatic nitrogens is 4. The molecule has 1 amide bonds. The molecule has 0 aromatic carbocycles. The molecule has 0 fully saturated rings. The van der Waals surface area contributed by atoms with Gasteiger partial charge in [0.1, 0.15) is 6.54 Å². The predicted molar refractivity (Wildman–Crippen MR) is 70.0 cm³/mol. The van der Waals surface area contributed by atoms with Gasteiger partial charge in [0.05, 0.1) is 13.4 Å². The molecule has 0 saturated carbocycles. The van der Waals surface area contributed by atoms with E-state index < -0.39 is 23.7 Å². The van der Waals surface area contributed by atoms with Crippen LogP contribution in [0.3, 0.4) is 0 Å². The number of fused-ring (bicyclic) bond motifs is 1. The fourth-order valence-corrected chi connectivity index (χ4v) is 1.87. The maximum absolute atomic E-state index is 12.3. The van der Waals surface area contributed by atoms with Crippen molar-refractivity contribution in [2.24, 2.45) is 14.1 Å². The number of likely N-dealkylation sites (N-methyl/N-ethyl adjacent to an activating group) is 1. The van der Waals surface area contributed by atoms with Crippen LogP contribution in [0.5, 0.6) is 0 Å². The van der Waals surface area contributed by atoms with Crippen molar-refractivity contribution in [1.29, 1.82) is 0 Å². The van der Waals surface area contributed by atoms with E-state index in [1.807, 2.05) is 0 Å². The molecule has 0 saturated heterocycles. The molecule has 20 heavy (non-hydrogen) atoms. The molecule has 0 N–H and O–H groups in total. The van der Waals surface area contributed by atoms with Crippen LogP contribution >= 0.6 is 0 Å². The van der Waals surface area contributed by atoms with Gasteiger partial charge in [-0.3, -0.25) is 19.0 Å². The Bertz CT molecular complexity index is 784. The highest BCUT2D eigenvalue weighted by atomic mass is 16.7. The number of hydrogen-bond acceptors (Lipinski definition) is 5. The quantitative estimate of drug-likeness (QED) is 0.635. The van der Waals surface area contributed by atoms with Crippen molar-refractivity contribution in [3.05, 3.63) is 27.2 Å². The fourth-order valence-electron chi connectivity index (χ4n) is 1.87. The maximum atomic E-state index is 12.3. The second-order valence-electron chi connectivity index (χ2n) is 4.33. The Hall–Kier alpha value is -2.42. The van der Waals surface area contributed by atoms with E-state index in [-0.39, 0.29) is 11.2 Å². The fraction of sp³-hybridized carbons (Fsp3) is 0.455. The highest BCUT2D eigenvalue weighted by Gasteiger charge is 2.18. The minimum Gasteiger partial charge on any atom is -0.328 e. The van der Waals surface area contributed by atoms with Crippen LogP contribution in [-0.4, -0.2) is 43.8 Å². The Morgan fingerprint density at radius 2 is 2.05 bits per heavy atom. The highest BCUT2D eigenvalue weighted by Crippen LogP contribution is 2.02. The van der Waals surface area contributed by atoms with Crippen molar-refractivity contribution in [1.82, 2.24) is 23.7 Å². The third-order valence-electron chi connectivity index (χ3n) is 3.12. The molecule has 9 heteroatoms. The summed E-state index contributed by atoms with van der Waals surface area (Å²) < 4.78 is 3.61. The molecular formula is C11H15N5O4. The second kappa shape index (κ2) is 4.93. The molecule has 2 aromatic heterocycles. The van der Waals surface area contributed by atoms with Gasteiger partial charge >= 0.3 is 5.69 Å². The van der Waals surface area contributed by atoms with Crippen LogP contribution in [0.4, 0.5) is 0 Å². The van der Waals surface area contributed by atoms with Gasteiger partial charge in [-0.1, -0.05) is 0 Å². The first kappa shape index (κ1) is 14.0. The van der Waals surface area contributed by atoms with E-state index in [0.717, 1.165) is 9.63 Å². The number of rotatable bonds is 3. The molecule has 0 aliphatic rings. The van der Waals surface area contributed by atoms with Crippen LogP contribution < -0.4 is 11.2 Å². The number of hydroxylamine groups is 2. The molecule has 2 rings (SSSR count). The third kappa shape index (κ3) is 2.01. The number of carbonyl (C=O) groups is 1. The van der Waals surface area contributed by atoms with Crippen molar-refractivity contribution in [3.63, 3.8) is 0 Å². The lowest BCUT2D eigenvalue weighted by Gasteiger charge is -2.14. The van der Waals surface area contributed by atoms with Crippen LogP contribution in [0.15, 0.2) is 15.9 Å². The van der Waals surface area contributed by atoms with E-state index in [4.69, 9.17) is 4.84 Å². The summed E-state index contributed by atoms with van der Waals surface area (Å²) in [6.45, 7) is -0.392. The molecule has 0 spiro atoms. The van der Waals surface area contributed by atoms with Gasteiger partial charge < -0.3 is 4.57 Å². The Morgan fingerprint density at radius 1 is 1.40 bits per heavy atom. The van der Waals surface area contributed by atoms with Crippen LogP contribution in [0.25, 0.3) is 11.2 Å². The number of carbonyl (C=O) groups excluding carboxylic acids is 1. The third-order valence-corrected chi connectivity index (χ3v) is 3.12. The molecule has 0 radical (unpaired) electrons. The Labute approximate surface area is 113 Å². The Balaban J connectivity index is 2.65. The Morgan fingerprint density at radius 3 is 2.65 bits per heavy atom. The lowest BCUT2D eigenvalue weighted by atomic mass is 10.4. The summed E-state index contributed by atoms with van der Waals surface area (Å²) in [6, 6.07) is 0. The molecule has 0 unspecified atom stereocenters. The standard InChI is InChI=1S/C11H15N5O4/c1-13-6-12-9-8(13)10(18)16(11(19)14(9)2)5-7(17)15(3)20-4/h6H,5H2,1-4H3. The minimum atomic E-state index is -0.598. The molecule has 0 aliphatic carbocycles. The summed E-state index contributed by atoms with van der Waals surface area (Å²) in [7, 11) is 5.87. The lowest BCUT2D eigenvalue weighted by molar-refractivity contribution is -0.169. The second-order valence-corrected chi connectivity index (χ2v) is 4.33. The van der Waals surface area contributed by atoms with E-state index in [9.17, 15) is 14.4 Å². The van der Waals surface area contributed by atoms with Crippen LogP contribution in [0.2, 0.25) is 0 Å². The van der Waals surface area contributed by atoms with E-state index in [1.165, 1.54) is 36.7 Å². The van der Waals surface area contributed by atoms with Crippen molar-refractivity contribution >= 4 is 17.1 Å². The van der Waals surface area contributed by atoms with Crippen molar-refractivity contribution in [2.75, 3.05) is 14.2 Å². The number of imidazole rings is 1. The predicted octanol–water partition coefficient (Wildman–Crippen LogP) is -1.55. The lowest BCUT2D eigenvalue weighted by Crippen LogP contribution is -2.43. The zero-order valence-corrected chi connectivity index (χ0v) is 11.7. The van der Waals surface area contributed by atoms with Gasteiger partial charge in [-0.2, -0.15) is 0 Å². The summed E-state index contributed by atoms with van der Waals surface area (Å²) in [5.41, 5.74) is -0.605. The maximum Gasteiger partial charge on any atom is 0.332 e. The zero-order chi connectivity index (χ0) is 15.0. The topological polar surface area (TPSA) is 91.4 Å². The monoisotopic (exact) mass is 281 g/mol. The summed E-state index contributed by atoms with van der Waals surface area (Å²) in [4.78, 5) is 45.0. The largest absolute Gasteiger partial charge is 0.332 e. The highest BCUT2D eigenvalue weighted by molar-refractivity contribution is 5.75. The van der Waals surface area contributed by atoms with Gasteiger partial charge in [-0.25, -0.2) is 19.4 Å². The summed E-state index contributed by atoms with van der Waals surface area (Å²) in [5.74, 6) is -0.506. The van der Waals surface area contributed by atoms with Crippen molar-refractivity contribution in [3.8, 4) is 0 Å². The SMILES string of the molecule is CON(C)C(=O)Cn1c(=O)c2c(ncn2C)n(C)c1=O. The number of hydrogen-bond donors (Lipinski definition) is 0. The number of nitrogens with zero attached hydrogens (tertiary/aromatic N) is 5. The van der Waals surface area contributed by atoms with Gasteiger partial charge in [0, 0.05) is 21.1 Å². The molecular weight excluding hydrogens is 266 g/mol. The molecule has 9 nitrogen and oxygen atoms in total. The van der Waals surface area contributed by atoms with Gasteiger partial charge in [0.25, 0.3) is 11.5 Å². The Kier molecular flexibility index (Phi) is 3.45. The molecule has 0 bridgehead atoms. The van der Waals surface area contributed by atoms with Gasteiger partial charge in [-0.15, -0.1) is 0 Å². The van der Waals surface area contributed by atoms with Crippen molar-refractivity contribution < 1.29 is 9.63 Å². The van der Waals surface area contributed by atoms with E-state index >= 15 is 0 Å². The first-order valence-corrected chi connectivity index (χ1v) is 5.80. The summed E-state index contributed by atoms with van der Waals surface area (Å²) in [5, 5.41) is 0.958. The number of amides is 1. The van der Waals surface area contributed by atoms with Crippen LogP contribution in [0, 0.1) is 0 Å². The summed E-state index contributed by atoms with van der Waals surface area (Å²) in [6.07, 6.45) is 1.44. The van der Waals surface area contributed by atoms with Crippen molar-refractivity contribution in [2.45, 2.75) is 6.54 Å². The van der Waals surface area contributed by atoms with Gasteiger partial charge in [0.15, 0.2) is 11.2 Å². The summed E-state index contributed by atoms with van der Waals surface area (Å²) >= 11 is 0. The normalized spacial score (nSPS) is 11.0. The van der Waals surface area contributed by atoms with Gasteiger partial charge in [0.2, 0.25) is 0 Å². The van der Waals surface area contributed by atoms with E-state index in [2.05, 4.69) is 4.98 Å². The average molecular weight is 281 g/mol. The van der Waals surface area contributed by atoms with E-state index in [0.29, 0.717) is 0 Å². The zero-order valence-electron chi connectivity index (χ0n) is 11.7. The molecule has 0 aliphatic heterocycles. The minimum absolute atomic E-state index is 0.264.